The Hall–Kier alpha value is -1.95. The van der Waals surface area contributed by atoms with E-state index < -0.39 is 12.0 Å². The minimum atomic E-state index is -0.837. The second-order valence-corrected chi connectivity index (χ2v) is 5.45. The SMILES string of the molecule is Cc1nccc(N2CCc3sccc3C2C(=O)O)n1. The number of aliphatic carboxylic acids is 1. The van der Waals surface area contributed by atoms with E-state index in [-0.39, 0.29) is 0 Å². The van der Waals surface area contributed by atoms with Crippen molar-refractivity contribution in [2.75, 3.05) is 11.4 Å². The molecule has 1 aliphatic rings. The van der Waals surface area contributed by atoms with Crippen LogP contribution in [0, 0.1) is 6.92 Å². The zero-order valence-corrected chi connectivity index (χ0v) is 11.2. The number of aryl methyl sites for hydroxylation is 1. The topological polar surface area (TPSA) is 66.3 Å². The van der Waals surface area contributed by atoms with E-state index in [2.05, 4.69) is 9.97 Å². The average molecular weight is 275 g/mol. The summed E-state index contributed by atoms with van der Waals surface area (Å²) in [6.45, 7) is 2.47. The highest BCUT2D eigenvalue weighted by Crippen LogP contribution is 2.35. The Kier molecular flexibility index (Phi) is 2.94. The van der Waals surface area contributed by atoms with Crippen molar-refractivity contribution in [1.29, 1.82) is 0 Å². The van der Waals surface area contributed by atoms with E-state index in [1.54, 1.807) is 30.5 Å². The first-order valence-electron chi connectivity index (χ1n) is 6.02. The third kappa shape index (κ3) is 2.08. The van der Waals surface area contributed by atoms with Gasteiger partial charge in [-0.15, -0.1) is 11.3 Å². The van der Waals surface area contributed by atoms with E-state index in [4.69, 9.17) is 0 Å². The molecule has 3 heterocycles. The minimum Gasteiger partial charge on any atom is -0.479 e. The summed E-state index contributed by atoms with van der Waals surface area (Å²) in [6, 6.07) is 3.02. The normalized spacial score (nSPS) is 18.2. The molecule has 1 unspecified atom stereocenters. The number of aromatic nitrogens is 2. The minimum absolute atomic E-state index is 0.649. The molecule has 2 aromatic rings. The highest BCUT2D eigenvalue weighted by Gasteiger charge is 2.34. The Labute approximate surface area is 114 Å². The van der Waals surface area contributed by atoms with Crippen LogP contribution in [0.2, 0.25) is 0 Å². The number of anilines is 1. The molecule has 0 spiro atoms. The zero-order chi connectivity index (χ0) is 13.4. The van der Waals surface area contributed by atoms with Crippen molar-refractivity contribution in [1.82, 2.24) is 9.97 Å². The van der Waals surface area contributed by atoms with Gasteiger partial charge in [-0.25, -0.2) is 14.8 Å². The number of rotatable bonds is 2. The lowest BCUT2D eigenvalue weighted by atomic mass is 10.00. The standard InChI is InChI=1S/C13H13N3O2S/c1-8-14-5-2-11(15-8)16-6-3-10-9(4-7-19-10)12(16)13(17)18/h2,4-5,7,12H,3,6H2,1H3,(H,17,18). The first-order chi connectivity index (χ1) is 9.16. The quantitative estimate of drug-likeness (QED) is 0.908. The van der Waals surface area contributed by atoms with Gasteiger partial charge in [-0.1, -0.05) is 0 Å². The molecule has 3 rings (SSSR count). The maximum atomic E-state index is 11.6. The summed E-state index contributed by atoms with van der Waals surface area (Å²) in [7, 11) is 0. The van der Waals surface area contributed by atoms with Gasteiger partial charge in [0.2, 0.25) is 0 Å². The largest absolute Gasteiger partial charge is 0.479 e. The number of carbonyl (C=O) groups is 1. The zero-order valence-electron chi connectivity index (χ0n) is 10.4. The Morgan fingerprint density at radius 1 is 1.53 bits per heavy atom. The Bertz CT molecular complexity index is 626. The van der Waals surface area contributed by atoms with Crippen LogP contribution in [-0.2, 0) is 11.2 Å². The predicted molar refractivity (Wildman–Crippen MR) is 72.5 cm³/mol. The monoisotopic (exact) mass is 275 g/mol. The highest BCUT2D eigenvalue weighted by atomic mass is 32.1. The van der Waals surface area contributed by atoms with Gasteiger partial charge in [0.1, 0.15) is 11.6 Å². The van der Waals surface area contributed by atoms with Crippen molar-refractivity contribution in [2.24, 2.45) is 0 Å². The van der Waals surface area contributed by atoms with Crippen LogP contribution in [0.25, 0.3) is 0 Å². The summed E-state index contributed by atoms with van der Waals surface area (Å²) in [4.78, 5) is 23.0. The molecule has 0 saturated carbocycles. The third-order valence-electron chi connectivity index (χ3n) is 3.26. The van der Waals surface area contributed by atoms with Gasteiger partial charge in [-0.05, 0) is 36.4 Å². The summed E-state index contributed by atoms with van der Waals surface area (Å²) in [5, 5.41) is 11.5. The number of carboxylic acid groups (broad SMARTS) is 1. The molecule has 2 aromatic heterocycles. The van der Waals surface area contributed by atoms with Gasteiger partial charge in [0.05, 0.1) is 0 Å². The average Bonchev–Trinajstić information content (AvgIpc) is 2.85. The van der Waals surface area contributed by atoms with Gasteiger partial charge in [0.15, 0.2) is 6.04 Å². The first-order valence-corrected chi connectivity index (χ1v) is 6.90. The lowest BCUT2D eigenvalue weighted by molar-refractivity contribution is -0.138. The summed E-state index contributed by atoms with van der Waals surface area (Å²) in [5.41, 5.74) is 0.889. The van der Waals surface area contributed by atoms with Crippen LogP contribution in [0.15, 0.2) is 23.7 Å². The molecular formula is C13H13N3O2S. The third-order valence-corrected chi connectivity index (χ3v) is 4.25. The fourth-order valence-corrected chi connectivity index (χ4v) is 3.34. The number of thiophene rings is 1. The summed E-state index contributed by atoms with van der Waals surface area (Å²) < 4.78 is 0. The van der Waals surface area contributed by atoms with E-state index in [9.17, 15) is 9.90 Å². The van der Waals surface area contributed by atoms with Crippen LogP contribution in [0.1, 0.15) is 22.3 Å². The lowest BCUT2D eigenvalue weighted by Crippen LogP contribution is -2.39. The van der Waals surface area contributed by atoms with Crippen LogP contribution in [0.3, 0.4) is 0 Å². The number of nitrogens with zero attached hydrogens (tertiary/aromatic N) is 3. The molecule has 0 fully saturated rings. The highest BCUT2D eigenvalue weighted by molar-refractivity contribution is 7.10. The van der Waals surface area contributed by atoms with Crippen molar-refractivity contribution >= 4 is 23.1 Å². The number of hydrogen-bond acceptors (Lipinski definition) is 5. The predicted octanol–water partition coefficient (Wildman–Crippen LogP) is 2.03. The number of fused-ring (bicyclic) bond motifs is 1. The summed E-state index contributed by atoms with van der Waals surface area (Å²) >= 11 is 1.62. The van der Waals surface area contributed by atoms with E-state index in [0.717, 1.165) is 16.9 Å². The molecule has 5 nitrogen and oxygen atoms in total. The number of carboxylic acids is 1. The van der Waals surface area contributed by atoms with Crippen LogP contribution >= 0.6 is 11.3 Å². The molecule has 98 valence electrons. The Morgan fingerprint density at radius 3 is 3.11 bits per heavy atom. The van der Waals surface area contributed by atoms with Crippen molar-refractivity contribution in [2.45, 2.75) is 19.4 Å². The van der Waals surface area contributed by atoms with Gasteiger partial charge in [-0.2, -0.15) is 0 Å². The molecule has 0 aromatic carbocycles. The van der Waals surface area contributed by atoms with E-state index >= 15 is 0 Å². The van der Waals surface area contributed by atoms with Crippen LogP contribution in [0.4, 0.5) is 5.82 Å². The van der Waals surface area contributed by atoms with Crippen molar-refractivity contribution in [3.05, 3.63) is 40.0 Å². The van der Waals surface area contributed by atoms with Gasteiger partial charge < -0.3 is 10.0 Å². The van der Waals surface area contributed by atoms with Crippen molar-refractivity contribution < 1.29 is 9.90 Å². The van der Waals surface area contributed by atoms with Gasteiger partial charge >= 0.3 is 5.97 Å². The number of hydrogen-bond donors (Lipinski definition) is 1. The van der Waals surface area contributed by atoms with E-state index in [1.165, 1.54) is 0 Å². The molecule has 0 aliphatic carbocycles. The second kappa shape index (κ2) is 4.62. The Morgan fingerprint density at radius 2 is 2.37 bits per heavy atom. The molecular weight excluding hydrogens is 262 g/mol. The molecule has 6 heteroatoms. The molecule has 0 radical (unpaired) electrons. The summed E-state index contributed by atoms with van der Waals surface area (Å²) in [5.74, 6) is 0.491. The smallest absolute Gasteiger partial charge is 0.331 e. The molecule has 0 saturated heterocycles. The van der Waals surface area contributed by atoms with Gasteiger partial charge in [0.25, 0.3) is 0 Å². The van der Waals surface area contributed by atoms with Gasteiger partial charge in [0, 0.05) is 17.6 Å². The molecule has 0 bridgehead atoms. The second-order valence-electron chi connectivity index (χ2n) is 4.45. The fraction of sp³-hybridized carbons (Fsp3) is 0.308. The van der Waals surface area contributed by atoms with Crippen LogP contribution in [-0.4, -0.2) is 27.6 Å². The molecule has 19 heavy (non-hydrogen) atoms. The Balaban J connectivity index is 2.05. The molecule has 0 amide bonds. The van der Waals surface area contributed by atoms with Gasteiger partial charge in [-0.3, -0.25) is 0 Å². The first kappa shape index (κ1) is 12.1. The fourth-order valence-electron chi connectivity index (χ4n) is 2.43. The maximum absolute atomic E-state index is 11.6. The lowest BCUT2D eigenvalue weighted by Gasteiger charge is -2.34. The molecule has 1 atom stereocenters. The van der Waals surface area contributed by atoms with E-state index in [1.807, 2.05) is 16.3 Å². The summed E-state index contributed by atoms with van der Waals surface area (Å²) in [6.07, 6.45) is 2.53. The van der Waals surface area contributed by atoms with Crippen LogP contribution < -0.4 is 4.90 Å². The van der Waals surface area contributed by atoms with E-state index in [0.29, 0.717) is 18.2 Å². The van der Waals surface area contributed by atoms with Crippen molar-refractivity contribution in [3.8, 4) is 0 Å². The maximum Gasteiger partial charge on any atom is 0.331 e. The van der Waals surface area contributed by atoms with Crippen molar-refractivity contribution in [3.63, 3.8) is 0 Å². The van der Waals surface area contributed by atoms with Crippen LogP contribution in [0.5, 0.6) is 0 Å². The molecule has 1 N–H and O–H groups in total. The molecule has 1 aliphatic heterocycles.